The zero-order valence-corrected chi connectivity index (χ0v) is 22.2. The first-order valence-electron chi connectivity index (χ1n) is 10.7. The Morgan fingerprint density at radius 3 is 2.87 bits per heavy atom. The molecule has 38 heavy (non-hydrogen) atoms. The molecule has 0 saturated carbocycles. The molecule has 2 atom stereocenters. The highest BCUT2D eigenvalue weighted by atomic mass is 32.2. The Kier molecular flexibility index (Phi) is 7.20. The van der Waals surface area contributed by atoms with Crippen LogP contribution < -0.4 is 16.5 Å². The zero-order valence-electron chi connectivity index (χ0n) is 18.9. The summed E-state index contributed by atoms with van der Waals surface area (Å²) >= 11 is 4.91. The molecule has 5 heterocycles. The average Bonchev–Trinajstić information content (AvgIpc) is 3.32. The number of nitrogen functional groups attached to an aromatic ring is 1. The van der Waals surface area contributed by atoms with Gasteiger partial charge < -0.3 is 21.4 Å². The van der Waals surface area contributed by atoms with Gasteiger partial charge in [-0.25, -0.2) is 14.8 Å². The number of aliphatic carboxylic acids is 1. The van der Waals surface area contributed by atoms with Crippen LogP contribution in [0.5, 0.6) is 0 Å². The highest BCUT2D eigenvalue weighted by Gasteiger charge is 2.54. The Labute approximate surface area is 230 Å². The molecule has 12 nitrogen and oxygen atoms in total. The number of allylic oxidation sites excluding steroid dienone is 1. The van der Waals surface area contributed by atoms with Crippen LogP contribution in [0.4, 0.5) is 5.13 Å². The number of hydrogen-bond acceptors (Lipinski definition) is 13. The monoisotopic (exact) mass is 588 g/mol. The number of oxime groups is 1. The first-order chi connectivity index (χ1) is 18.3. The second-order valence-corrected chi connectivity index (χ2v) is 12.0. The molecule has 1 saturated heterocycles. The summed E-state index contributed by atoms with van der Waals surface area (Å²) in [4.78, 5) is 59.8. The number of carboxylic acids is 1. The molecule has 16 heteroatoms. The highest BCUT2D eigenvalue weighted by Crippen LogP contribution is 2.41. The number of carbonyl (C=O) groups is 3. The van der Waals surface area contributed by atoms with E-state index in [2.05, 4.69) is 20.4 Å². The molecule has 1 unspecified atom stereocenters. The van der Waals surface area contributed by atoms with Crippen molar-refractivity contribution in [3.8, 4) is 0 Å². The van der Waals surface area contributed by atoms with Crippen LogP contribution in [0.3, 0.4) is 0 Å². The molecule has 0 spiro atoms. The van der Waals surface area contributed by atoms with E-state index in [9.17, 15) is 29.5 Å². The first kappa shape index (κ1) is 25.9. The molecule has 2 aliphatic heterocycles. The molecule has 2 amide bonds. The fraction of sp³-hybridized carbons (Fsp3) is 0.136. The van der Waals surface area contributed by atoms with E-state index < -0.39 is 34.9 Å². The van der Waals surface area contributed by atoms with Crippen LogP contribution >= 0.6 is 46.2 Å². The Morgan fingerprint density at radius 2 is 2.16 bits per heavy atom. The number of nitrogens with two attached hydrogens (primary N) is 1. The van der Waals surface area contributed by atoms with Gasteiger partial charge in [0.15, 0.2) is 16.3 Å². The number of pyridine rings is 1. The predicted molar refractivity (Wildman–Crippen MR) is 145 cm³/mol. The van der Waals surface area contributed by atoms with E-state index in [4.69, 9.17) is 5.73 Å². The standard InChI is InChI=1S/C22H16N6O6S4/c23-22-25-11(8-37-22)14(27-34)17(30)26-15-19(31)28-16(21(32)33)9(7-36-20(15)28)3-5-35-13-6-12(29)10-2-1-4-24-18(10)38-13/h1-6,8,15,20,34H,7H2,(H2,23,25)(H,26,30)(H,32,33)/t15?,20-/m1/s1. The van der Waals surface area contributed by atoms with Gasteiger partial charge in [-0.15, -0.1) is 34.4 Å². The number of β-lactam (4-membered cyclic amide) rings is 1. The van der Waals surface area contributed by atoms with Crippen LogP contribution in [0.15, 0.2) is 66.7 Å². The number of thiazole rings is 1. The first-order valence-corrected chi connectivity index (χ1v) is 14.3. The largest absolute Gasteiger partial charge is 0.477 e. The molecule has 0 aliphatic carbocycles. The number of nitrogens with zero attached hydrogens (tertiary/aromatic N) is 4. The maximum Gasteiger partial charge on any atom is 0.352 e. The third-order valence-corrected chi connectivity index (χ3v) is 9.48. The Bertz CT molecular complexity index is 1630. The fourth-order valence-corrected chi connectivity index (χ4v) is 7.55. The zero-order chi connectivity index (χ0) is 27.0. The third kappa shape index (κ3) is 4.78. The summed E-state index contributed by atoms with van der Waals surface area (Å²) in [6.07, 6.45) is 3.20. The number of carboxylic acid groups (broad SMARTS) is 1. The number of hydrogen-bond donors (Lipinski definition) is 4. The maximum atomic E-state index is 12.9. The molecular weight excluding hydrogens is 573 g/mol. The van der Waals surface area contributed by atoms with Gasteiger partial charge in [0, 0.05) is 23.4 Å². The lowest BCUT2D eigenvalue weighted by molar-refractivity contribution is -0.150. The predicted octanol–water partition coefficient (Wildman–Crippen LogP) is 1.92. The summed E-state index contributed by atoms with van der Waals surface area (Å²) in [6.45, 7) is 0. The van der Waals surface area contributed by atoms with E-state index in [-0.39, 0.29) is 27.7 Å². The lowest BCUT2D eigenvalue weighted by Gasteiger charge is -2.49. The van der Waals surface area contributed by atoms with Crippen LogP contribution in [0, 0.1) is 0 Å². The van der Waals surface area contributed by atoms with Crippen molar-refractivity contribution < 1.29 is 24.7 Å². The lowest BCUT2D eigenvalue weighted by atomic mass is 10.0. The quantitative estimate of drug-likeness (QED) is 0.104. The van der Waals surface area contributed by atoms with Gasteiger partial charge >= 0.3 is 5.97 Å². The number of anilines is 1. The molecule has 5 N–H and O–H groups in total. The van der Waals surface area contributed by atoms with E-state index in [0.29, 0.717) is 20.0 Å². The van der Waals surface area contributed by atoms with Crippen molar-refractivity contribution in [3.63, 3.8) is 0 Å². The van der Waals surface area contributed by atoms with Crippen molar-refractivity contribution in [1.82, 2.24) is 20.2 Å². The molecule has 0 aromatic carbocycles. The van der Waals surface area contributed by atoms with Gasteiger partial charge in [0.25, 0.3) is 11.8 Å². The summed E-state index contributed by atoms with van der Waals surface area (Å²) in [6, 6.07) is 3.88. The van der Waals surface area contributed by atoms with Crippen molar-refractivity contribution in [2.75, 3.05) is 11.5 Å². The van der Waals surface area contributed by atoms with Crippen LogP contribution in [-0.4, -0.2) is 65.8 Å². The van der Waals surface area contributed by atoms with Gasteiger partial charge in [0.1, 0.15) is 27.6 Å². The normalized spacial score (nSPS) is 19.5. The van der Waals surface area contributed by atoms with Crippen LogP contribution in [0.25, 0.3) is 10.2 Å². The SMILES string of the molecule is Nc1nc(C(=NO)C(=O)NC2C(=O)N3C(C(=O)O)=C(C=CSc4cc(=O)c5cccnc5s4)CS[C@H]23)cs1. The minimum Gasteiger partial charge on any atom is -0.477 e. The van der Waals surface area contributed by atoms with Crippen molar-refractivity contribution in [2.45, 2.75) is 15.6 Å². The molecule has 3 aromatic rings. The molecule has 3 aromatic heterocycles. The van der Waals surface area contributed by atoms with Gasteiger partial charge in [-0.1, -0.05) is 16.9 Å². The topological polar surface area (TPSA) is 188 Å². The van der Waals surface area contributed by atoms with Crippen LogP contribution in [-0.2, 0) is 14.4 Å². The van der Waals surface area contributed by atoms with E-state index in [1.54, 1.807) is 29.8 Å². The number of rotatable bonds is 7. The van der Waals surface area contributed by atoms with Crippen molar-refractivity contribution >= 4 is 85.0 Å². The summed E-state index contributed by atoms with van der Waals surface area (Å²) in [5.74, 6) is -2.48. The van der Waals surface area contributed by atoms with Gasteiger partial charge in [0.05, 0.1) is 9.60 Å². The van der Waals surface area contributed by atoms with Gasteiger partial charge in [-0.2, -0.15) is 0 Å². The van der Waals surface area contributed by atoms with Gasteiger partial charge in [-0.05, 0) is 29.2 Å². The molecule has 2 aliphatic rings. The second kappa shape index (κ2) is 10.6. The maximum absolute atomic E-state index is 12.9. The number of carbonyl (C=O) groups excluding carboxylic acids is 2. The molecule has 1 fully saturated rings. The fourth-order valence-electron chi connectivity index (χ4n) is 3.80. The van der Waals surface area contributed by atoms with Crippen LogP contribution in [0.1, 0.15) is 5.69 Å². The molecular formula is C22H16N6O6S4. The smallest absolute Gasteiger partial charge is 0.352 e. The van der Waals surface area contributed by atoms with Gasteiger partial charge in [0.2, 0.25) is 0 Å². The van der Waals surface area contributed by atoms with Crippen molar-refractivity contribution in [1.29, 1.82) is 0 Å². The summed E-state index contributed by atoms with van der Waals surface area (Å²) in [7, 11) is 0. The number of aromatic nitrogens is 2. The van der Waals surface area contributed by atoms with E-state index in [0.717, 1.165) is 16.2 Å². The number of fused-ring (bicyclic) bond motifs is 2. The van der Waals surface area contributed by atoms with E-state index >= 15 is 0 Å². The van der Waals surface area contributed by atoms with E-state index in [1.165, 1.54) is 46.3 Å². The summed E-state index contributed by atoms with van der Waals surface area (Å²) in [5, 5.41) is 27.7. The van der Waals surface area contributed by atoms with Crippen molar-refractivity contribution in [2.24, 2.45) is 5.16 Å². The highest BCUT2D eigenvalue weighted by molar-refractivity contribution is 8.04. The molecule has 0 radical (unpaired) electrons. The van der Waals surface area contributed by atoms with Crippen molar-refractivity contribution in [3.05, 3.63) is 68.4 Å². The number of amides is 2. The lowest BCUT2D eigenvalue weighted by Crippen LogP contribution is -2.71. The Balaban J connectivity index is 1.31. The third-order valence-electron chi connectivity index (χ3n) is 5.50. The summed E-state index contributed by atoms with van der Waals surface area (Å²) in [5.41, 5.74) is 5.27. The van der Waals surface area contributed by atoms with E-state index in [1.807, 2.05) is 0 Å². The average molecular weight is 589 g/mol. The molecule has 0 bridgehead atoms. The van der Waals surface area contributed by atoms with Crippen LogP contribution in [0.2, 0.25) is 0 Å². The molecule has 194 valence electrons. The Hall–Kier alpha value is -3.73. The summed E-state index contributed by atoms with van der Waals surface area (Å²) < 4.78 is 0.683. The second-order valence-electron chi connectivity index (χ2n) is 7.77. The number of nitrogens with one attached hydrogen (secondary N) is 1. The minimum atomic E-state index is -1.28. The molecule has 5 rings (SSSR count). The van der Waals surface area contributed by atoms with Gasteiger partial charge in [-0.3, -0.25) is 19.3 Å². The minimum absolute atomic E-state index is 0.0516. The number of thioether (sulfide) groups is 2. The Morgan fingerprint density at radius 1 is 1.34 bits per heavy atom.